The average molecular weight is 567 g/mol. The first-order chi connectivity index (χ1) is 18.6. The summed E-state index contributed by atoms with van der Waals surface area (Å²) >= 11 is 0. The Labute approximate surface area is 230 Å². The van der Waals surface area contributed by atoms with E-state index >= 15 is 0 Å². The highest BCUT2D eigenvalue weighted by molar-refractivity contribution is 7.86. The summed E-state index contributed by atoms with van der Waals surface area (Å²) in [6.45, 7) is 0.435. The standard InChI is InChI=1S/C30H31NO6S2/c32-38(33,34)22-8-15-29-24(17-18-25-11-4-6-14-28(25)29)10-2-1-3-13-27-20-19-26-12-5-7-16-30(26)31(27)21-9-23-39(35,36)37/h1-7,10-14,16-20,29H,8-9,15,21-23H2,(H-,32,33,34,35,36,37)/p+1. The topological polar surface area (TPSA) is 113 Å². The number of hydrogen-bond acceptors (Lipinski definition) is 4. The summed E-state index contributed by atoms with van der Waals surface area (Å²) in [6, 6.07) is 19.9. The van der Waals surface area contributed by atoms with E-state index in [0.29, 0.717) is 19.4 Å². The molecule has 204 valence electrons. The van der Waals surface area contributed by atoms with Crippen LogP contribution in [0.2, 0.25) is 0 Å². The highest BCUT2D eigenvalue weighted by Crippen LogP contribution is 2.37. The van der Waals surface area contributed by atoms with Gasteiger partial charge in [0.15, 0.2) is 6.54 Å². The molecule has 9 heteroatoms. The van der Waals surface area contributed by atoms with Crippen LogP contribution in [0.5, 0.6) is 0 Å². The minimum Gasteiger partial charge on any atom is -0.286 e. The monoisotopic (exact) mass is 566 g/mol. The van der Waals surface area contributed by atoms with Crippen LogP contribution in [-0.4, -0.2) is 37.4 Å². The fourth-order valence-electron chi connectivity index (χ4n) is 4.89. The Morgan fingerprint density at radius 3 is 2.28 bits per heavy atom. The van der Waals surface area contributed by atoms with Crippen molar-refractivity contribution in [2.75, 3.05) is 11.5 Å². The number of aryl methyl sites for hydroxylation is 1. The third-order valence-electron chi connectivity index (χ3n) is 6.66. The largest absolute Gasteiger partial charge is 0.286 e. The van der Waals surface area contributed by atoms with Crippen LogP contribution >= 0.6 is 0 Å². The van der Waals surface area contributed by atoms with Crippen molar-refractivity contribution in [3.05, 3.63) is 113 Å². The van der Waals surface area contributed by atoms with Crippen LogP contribution in [0, 0.1) is 0 Å². The Morgan fingerprint density at radius 1 is 0.769 bits per heavy atom. The highest BCUT2D eigenvalue weighted by atomic mass is 32.2. The zero-order valence-electron chi connectivity index (χ0n) is 21.4. The molecule has 1 atom stereocenters. The molecule has 0 radical (unpaired) electrons. The smallest absolute Gasteiger partial charge is 0.265 e. The van der Waals surface area contributed by atoms with Crippen LogP contribution in [-0.2, 0) is 26.8 Å². The summed E-state index contributed by atoms with van der Waals surface area (Å²) in [4.78, 5) is 0. The van der Waals surface area contributed by atoms with Crippen LogP contribution in [0.1, 0.15) is 42.0 Å². The molecule has 7 nitrogen and oxygen atoms in total. The summed E-state index contributed by atoms with van der Waals surface area (Å²) in [5.74, 6) is -0.550. The molecule has 0 fully saturated rings. The third-order valence-corrected chi connectivity index (χ3v) is 8.27. The predicted octanol–water partition coefficient (Wildman–Crippen LogP) is 5.38. The second-order valence-electron chi connectivity index (χ2n) is 9.46. The van der Waals surface area contributed by atoms with E-state index in [4.69, 9.17) is 9.11 Å². The summed E-state index contributed by atoms with van der Waals surface area (Å²) in [6.07, 6.45) is 15.0. The maximum absolute atomic E-state index is 11.2. The molecule has 4 rings (SSSR count). The van der Waals surface area contributed by atoms with E-state index in [2.05, 4.69) is 12.1 Å². The lowest BCUT2D eigenvalue weighted by Crippen LogP contribution is -2.38. The number of aromatic nitrogens is 1. The summed E-state index contributed by atoms with van der Waals surface area (Å²) in [5, 5.41) is 1.03. The summed E-state index contributed by atoms with van der Waals surface area (Å²) in [7, 11) is -8.03. The molecule has 1 aliphatic rings. The first kappa shape index (κ1) is 28.6. The van der Waals surface area contributed by atoms with Gasteiger partial charge in [0, 0.05) is 35.9 Å². The second-order valence-corrected chi connectivity index (χ2v) is 12.6. The van der Waals surface area contributed by atoms with Gasteiger partial charge in [-0.05, 0) is 41.7 Å². The number of pyridine rings is 1. The van der Waals surface area contributed by atoms with Gasteiger partial charge in [-0.25, -0.2) is 0 Å². The van der Waals surface area contributed by atoms with Crippen molar-refractivity contribution in [1.82, 2.24) is 0 Å². The fraction of sp³-hybridized carbons (Fsp3) is 0.233. The molecular weight excluding hydrogens is 534 g/mol. The molecule has 39 heavy (non-hydrogen) atoms. The molecule has 0 bridgehead atoms. The molecule has 1 heterocycles. The van der Waals surface area contributed by atoms with Gasteiger partial charge in [-0.15, -0.1) is 0 Å². The van der Waals surface area contributed by atoms with E-state index in [9.17, 15) is 16.8 Å². The van der Waals surface area contributed by atoms with Gasteiger partial charge in [-0.3, -0.25) is 9.11 Å². The first-order valence-electron chi connectivity index (χ1n) is 12.7. The van der Waals surface area contributed by atoms with Crippen molar-refractivity contribution < 1.29 is 30.5 Å². The molecule has 3 aromatic rings. The number of allylic oxidation sites excluding steroid dienone is 6. The number of rotatable bonds is 11. The molecule has 0 aliphatic heterocycles. The van der Waals surface area contributed by atoms with E-state index in [-0.39, 0.29) is 23.8 Å². The normalized spacial score (nSPS) is 17.0. The maximum Gasteiger partial charge on any atom is 0.265 e. The number of benzene rings is 2. The molecule has 0 spiro atoms. The maximum atomic E-state index is 11.2. The van der Waals surface area contributed by atoms with Gasteiger partial charge in [0.2, 0.25) is 11.2 Å². The van der Waals surface area contributed by atoms with Gasteiger partial charge < -0.3 is 0 Å². The summed E-state index contributed by atoms with van der Waals surface area (Å²) < 4.78 is 65.2. The Kier molecular flexibility index (Phi) is 9.29. The van der Waals surface area contributed by atoms with Gasteiger partial charge in [0.1, 0.15) is 0 Å². The van der Waals surface area contributed by atoms with Crippen LogP contribution in [0.15, 0.2) is 96.6 Å². The Morgan fingerprint density at radius 2 is 1.49 bits per heavy atom. The Balaban J connectivity index is 1.53. The zero-order valence-corrected chi connectivity index (χ0v) is 23.1. The minimum absolute atomic E-state index is 0.0204. The van der Waals surface area contributed by atoms with Crippen molar-refractivity contribution in [1.29, 1.82) is 0 Å². The Bertz CT molecular complexity index is 1670. The van der Waals surface area contributed by atoms with E-state index in [1.165, 1.54) is 0 Å². The van der Waals surface area contributed by atoms with Gasteiger partial charge in [0.05, 0.1) is 11.5 Å². The van der Waals surface area contributed by atoms with Gasteiger partial charge in [-0.2, -0.15) is 21.4 Å². The van der Waals surface area contributed by atoms with E-state index in [1.807, 2.05) is 95.6 Å². The Hall–Kier alpha value is -3.37. The highest BCUT2D eigenvalue weighted by Gasteiger charge is 2.21. The lowest BCUT2D eigenvalue weighted by molar-refractivity contribution is -0.673. The second kappa shape index (κ2) is 12.7. The molecule has 1 unspecified atom stereocenters. The zero-order chi connectivity index (χ0) is 27.9. The van der Waals surface area contributed by atoms with Gasteiger partial charge in [0.25, 0.3) is 20.2 Å². The molecule has 2 N–H and O–H groups in total. The molecule has 0 saturated carbocycles. The molecule has 1 aliphatic carbocycles. The number of hydrogen-bond donors (Lipinski definition) is 2. The van der Waals surface area contributed by atoms with E-state index in [0.717, 1.165) is 33.3 Å². The van der Waals surface area contributed by atoms with Crippen LogP contribution in [0.3, 0.4) is 0 Å². The van der Waals surface area contributed by atoms with E-state index < -0.39 is 20.2 Å². The van der Waals surface area contributed by atoms with Crippen molar-refractivity contribution in [3.63, 3.8) is 0 Å². The van der Waals surface area contributed by atoms with Gasteiger partial charge >= 0.3 is 0 Å². The van der Waals surface area contributed by atoms with Crippen LogP contribution in [0.25, 0.3) is 23.1 Å². The lowest BCUT2D eigenvalue weighted by Gasteiger charge is -2.24. The average Bonchev–Trinajstić information content (AvgIpc) is 2.88. The molecular formula is C30H32NO6S2+. The van der Waals surface area contributed by atoms with Crippen molar-refractivity contribution >= 4 is 43.3 Å². The quantitative estimate of drug-likeness (QED) is 0.183. The first-order valence-corrected chi connectivity index (χ1v) is 16.0. The van der Waals surface area contributed by atoms with Crippen molar-refractivity contribution in [2.24, 2.45) is 0 Å². The van der Waals surface area contributed by atoms with Crippen molar-refractivity contribution in [3.8, 4) is 0 Å². The lowest BCUT2D eigenvalue weighted by atomic mass is 9.80. The number of fused-ring (bicyclic) bond motifs is 2. The number of nitrogens with zero attached hydrogens (tertiary/aromatic N) is 1. The van der Waals surface area contributed by atoms with Crippen LogP contribution in [0.4, 0.5) is 0 Å². The molecule has 2 aromatic carbocycles. The predicted molar refractivity (Wildman–Crippen MR) is 155 cm³/mol. The summed E-state index contributed by atoms with van der Waals surface area (Å²) in [5.41, 5.74) is 5.16. The molecule has 0 saturated heterocycles. The van der Waals surface area contributed by atoms with Crippen molar-refractivity contribution in [2.45, 2.75) is 31.7 Å². The number of para-hydroxylation sites is 1. The fourth-order valence-corrected chi connectivity index (χ4v) is 5.91. The third kappa shape index (κ3) is 8.31. The van der Waals surface area contributed by atoms with Gasteiger partial charge in [-0.1, -0.05) is 72.9 Å². The van der Waals surface area contributed by atoms with E-state index in [1.54, 1.807) is 0 Å². The van der Waals surface area contributed by atoms with Crippen LogP contribution < -0.4 is 4.57 Å². The SMILES string of the molecule is O=S(=O)(O)CCCC1C(=CC=CC=Cc2ccc3ccccc3[n+]2CCCS(=O)(=O)O)C=Cc2ccccc21. The minimum atomic E-state index is -4.03. The molecule has 0 amide bonds. The molecule has 1 aromatic heterocycles.